The molecule has 0 bridgehead atoms. The van der Waals surface area contributed by atoms with Crippen molar-refractivity contribution in [3.8, 4) is 6.07 Å². The minimum atomic E-state index is -0.875. The van der Waals surface area contributed by atoms with Gasteiger partial charge in [-0.2, -0.15) is 5.26 Å². The molecule has 0 saturated carbocycles. The summed E-state index contributed by atoms with van der Waals surface area (Å²) in [6.07, 6.45) is 2.40. The van der Waals surface area contributed by atoms with Crippen LogP contribution in [0, 0.1) is 11.3 Å². The Hall–Kier alpha value is -1.74. The van der Waals surface area contributed by atoms with Crippen molar-refractivity contribution in [2.45, 2.75) is 19.3 Å². The van der Waals surface area contributed by atoms with Gasteiger partial charge in [0.1, 0.15) is 11.6 Å². The molecular formula is C11H16ClN3O3. The third-order valence-electron chi connectivity index (χ3n) is 1.92. The van der Waals surface area contributed by atoms with Gasteiger partial charge in [0.25, 0.3) is 5.91 Å². The Bertz CT molecular complexity index is 350. The molecule has 0 rings (SSSR count). The van der Waals surface area contributed by atoms with Crippen molar-refractivity contribution in [1.29, 1.82) is 5.26 Å². The van der Waals surface area contributed by atoms with Gasteiger partial charge in [-0.05, 0) is 12.8 Å². The number of halogens is 1. The number of nitrogens with zero attached hydrogens (tertiary/aromatic N) is 1. The van der Waals surface area contributed by atoms with Gasteiger partial charge in [0.2, 0.25) is 0 Å². The first-order valence-electron chi connectivity index (χ1n) is 5.51. The first-order chi connectivity index (χ1) is 8.61. The molecule has 0 aromatic rings. The van der Waals surface area contributed by atoms with Gasteiger partial charge in [0.05, 0.1) is 0 Å². The molecule has 0 saturated heterocycles. The predicted octanol–water partition coefficient (Wildman–Crippen LogP) is 0.593. The maximum atomic E-state index is 11.4. The molecule has 0 unspecified atom stereocenters. The predicted molar refractivity (Wildman–Crippen MR) is 66.9 cm³/mol. The van der Waals surface area contributed by atoms with Crippen molar-refractivity contribution in [1.82, 2.24) is 10.6 Å². The highest BCUT2D eigenvalue weighted by Crippen LogP contribution is 1.92. The molecule has 0 atom stereocenters. The van der Waals surface area contributed by atoms with E-state index in [1.807, 2.05) is 0 Å². The summed E-state index contributed by atoms with van der Waals surface area (Å²) in [5, 5.41) is 22.4. The lowest BCUT2D eigenvalue weighted by molar-refractivity contribution is -0.137. The molecule has 0 aliphatic heterocycles. The van der Waals surface area contributed by atoms with E-state index in [-0.39, 0.29) is 12.0 Å². The van der Waals surface area contributed by atoms with E-state index in [1.54, 1.807) is 6.07 Å². The highest BCUT2D eigenvalue weighted by molar-refractivity contribution is 6.17. The summed E-state index contributed by atoms with van der Waals surface area (Å²) in [5.74, 6) is -0.896. The van der Waals surface area contributed by atoms with Gasteiger partial charge in [-0.25, -0.2) is 0 Å². The summed E-state index contributed by atoms with van der Waals surface area (Å²) in [4.78, 5) is 21.7. The molecule has 0 aliphatic carbocycles. The monoisotopic (exact) mass is 273 g/mol. The van der Waals surface area contributed by atoms with Crippen LogP contribution in [0.1, 0.15) is 19.3 Å². The summed E-state index contributed by atoms with van der Waals surface area (Å²) in [6, 6.07) is 1.77. The van der Waals surface area contributed by atoms with E-state index in [0.717, 1.165) is 0 Å². The third kappa shape index (κ3) is 8.42. The summed E-state index contributed by atoms with van der Waals surface area (Å²) < 4.78 is 0. The molecule has 0 fully saturated rings. The Morgan fingerprint density at radius 3 is 2.61 bits per heavy atom. The van der Waals surface area contributed by atoms with Gasteiger partial charge in [0, 0.05) is 31.6 Å². The lowest BCUT2D eigenvalue weighted by atomic mass is 10.3. The zero-order valence-corrected chi connectivity index (χ0v) is 10.7. The van der Waals surface area contributed by atoms with Crippen LogP contribution in [0.2, 0.25) is 0 Å². The summed E-state index contributed by atoms with van der Waals surface area (Å²) in [5.41, 5.74) is -0.0418. The van der Waals surface area contributed by atoms with Crippen LogP contribution in [0.5, 0.6) is 0 Å². The zero-order chi connectivity index (χ0) is 13.8. The number of hydrogen-bond donors (Lipinski definition) is 3. The fourth-order valence-corrected chi connectivity index (χ4v) is 1.16. The lowest BCUT2D eigenvalue weighted by Crippen LogP contribution is -2.27. The number of carbonyl (C=O) groups excluding carboxylic acids is 1. The van der Waals surface area contributed by atoms with Crippen LogP contribution in [0.4, 0.5) is 0 Å². The van der Waals surface area contributed by atoms with Crippen LogP contribution in [-0.4, -0.2) is 36.0 Å². The smallest absolute Gasteiger partial charge is 0.303 e. The normalized spacial score (nSPS) is 10.6. The summed E-state index contributed by atoms with van der Waals surface area (Å²) >= 11 is 5.45. The first-order valence-corrected chi connectivity index (χ1v) is 6.05. The van der Waals surface area contributed by atoms with Gasteiger partial charge in [-0.15, -0.1) is 11.6 Å². The number of rotatable bonds is 9. The average molecular weight is 274 g/mol. The molecule has 100 valence electrons. The Balaban J connectivity index is 3.96. The molecule has 0 radical (unpaired) electrons. The molecular weight excluding hydrogens is 258 g/mol. The minimum absolute atomic E-state index is 0.0418. The van der Waals surface area contributed by atoms with Crippen LogP contribution >= 0.6 is 11.6 Å². The summed E-state index contributed by atoms with van der Waals surface area (Å²) in [6.45, 7) is 0.812. The van der Waals surface area contributed by atoms with Crippen molar-refractivity contribution in [3.05, 3.63) is 11.8 Å². The molecule has 7 heteroatoms. The van der Waals surface area contributed by atoms with Gasteiger partial charge >= 0.3 is 5.97 Å². The quantitative estimate of drug-likeness (QED) is 0.247. The molecule has 6 nitrogen and oxygen atoms in total. The molecule has 0 heterocycles. The Kier molecular flexibility index (Phi) is 9.41. The van der Waals surface area contributed by atoms with Crippen LogP contribution in [0.3, 0.4) is 0 Å². The van der Waals surface area contributed by atoms with Gasteiger partial charge in [0.15, 0.2) is 0 Å². The van der Waals surface area contributed by atoms with Crippen LogP contribution in [-0.2, 0) is 9.59 Å². The highest BCUT2D eigenvalue weighted by Gasteiger charge is 2.07. The zero-order valence-electron chi connectivity index (χ0n) is 9.91. The van der Waals surface area contributed by atoms with Crippen molar-refractivity contribution >= 4 is 23.5 Å². The number of alkyl halides is 1. The second-order valence-corrected chi connectivity index (χ2v) is 3.80. The first kappa shape index (κ1) is 16.3. The lowest BCUT2D eigenvalue weighted by Gasteiger charge is -2.03. The molecule has 1 amide bonds. The number of nitriles is 1. The van der Waals surface area contributed by atoms with Crippen molar-refractivity contribution in [3.63, 3.8) is 0 Å². The number of hydrogen-bond acceptors (Lipinski definition) is 4. The van der Waals surface area contributed by atoms with E-state index in [2.05, 4.69) is 10.6 Å². The highest BCUT2D eigenvalue weighted by atomic mass is 35.5. The Morgan fingerprint density at radius 1 is 1.33 bits per heavy atom. The van der Waals surface area contributed by atoms with E-state index < -0.39 is 11.9 Å². The van der Waals surface area contributed by atoms with E-state index in [9.17, 15) is 9.59 Å². The largest absolute Gasteiger partial charge is 0.481 e. The Labute approximate surface area is 111 Å². The average Bonchev–Trinajstić information content (AvgIpc) is 2.33. The molecule has 0 spiro atoms. The molecule has 18 heavy (non-hydrogen) atoms. The van der Waals surface area contributed by atoms with Crippen molar-refractivity contribution in [2.75, 3.05) is 19.0 Å². The Morgan fingerprint density at radius 2 is 2.06 bits per heavy atom. The number of carbonyl (C=O) groups is 2. The minimum Gasteiger partial charge on any atom is -0.481 e. The second kappa shape index (κ2) is 10.4. The van der Waals surface area contributed by atoms with Gasteiger partial charge in [-0.1, -0.05) is 0 Å². The SMILES string of the molecule is N#C/C(=C/NCCCC(=O)O)C(=O)NCCCCl. The maximum absolute atomic E-state index is 11.4. The van der Waals surface area contributed by atoms with Crippen LogP contribution in [0.15, 0.2) is 11.8 Å². The molecule has 3 N–H and O–H groups in total. The number of amides is 1. The number of carboxylic acid groups (broad SMARTS) is 1. The fraction of sp³-hybridized carbons (Fsp3) is 0.545. The second-order valence-electron chi connectivity index (χ2n) is 3.42. The number of aliphatic carboxylic acids is 1. The van der Waals surface area contributed by atoms with Crippen LogP contribution < -0.4 is 10.6 Å². The van der Waals surface area contributed by atoms with Gasteiger partial charge < -0.3 is 15.7 Å². The third-order valence-corrected chi connectivity index (χ3v) is 2.19. The molecule has 0 aliphatic rings. The van der Waals surface area contributed by atoms with Gasteiger partial charge in [-0.3, -0.25) is 9.59 Å². The van der Waals surface area contributed by atoms with E-state index >= 15 is 0 Å². The molecule has 0 aromatic carbocycles. The standard InChI is InChI=1S/C11H16ClN3O3/c12-4-2-6-15-11(18)9(7-13)8-14-5-1-3-10(16)17/h8,14H,1-6H2,(H,15,18)(H,16,17)/b9-8-. The molecule has 0 aromatic heterocycles. The van der Waals surface area contributed by atoms with E-state index in [0.29, 0.717) is 31.8 Å². The van der Waals surface area contributed by atoms with Crippen molar-refractivity contribution in [2.24, 2.45) is 0 Å². The van der Waals surface area contributed by atoms with Crippen LogP contribution in [0.25, 0.3) is 0 Å². The van der Waals surface area contributed by atoms with Crippen molar-refractivity contribution < 1.29 is 14.7 Å². The summed E-state index contributed by atoms with van der Waals surface area (Å²) in [7, 11) is 0. The fourth-order valence-electron chi connectivity index (χ4n) is 1.03. The topological polar surface area (TPSA) is 102 Å². The number of carboxylic acids is 1. The van der Waals surface area contributed by atoms with E-state index in [1.165, 1.54) is 6.20 Å². The maximum Gasteiger partial charge on any atom is 0.303 e. The number of nitrogens with one attached hydrogen (secondary N) is 2. The van der Waals surface area contributed by atoms with E-state index in [4.69, 9.17) is 22.0 Å².